The molecule has 4 N–H and O–H groups in total. The lowest BCUT2D eigenvalue weighted by molar-refractivity contribution is 0.0992. The van der Waals surface area contributed by atoms with E-state index in [1.54, 1.807) is 25.3 Å². The van der Waals surface area contributed by atoms with E-state index in [1.165, 1.54) is 7.05 Å². The average molecular weight is 806 g/mol. The number of aryl methyl sites for hydroxylation is 1. The number of ether oxygens (including phenoxy) is 2. The van der Waals surface area contributed by atoms with Gasteiger partial charge in [-0.3, -0.25) is 4.79 Å². The number of nitrogens with one attached hydrogen (secondary N) is 4. The number of carbonyl (C=O) groups is 2. The maximum atomic E-state index is 14.2. The number of rotatable bonds is 15. The normalized spacial score (nSPS) is 12.4. The third kappa shape index (κ3) is 11.0. The van der Waals surface area contributed by atoms with Crippen LogP contribution in [0.2, 0.25) is 0 Å². The van der Waals surface area contributed by atoms with E-state index in [1.807, 2.05) is 50.4 Å². The van der Waals surface area contributed by atoms with Crippen molar-refractivity contribution in [1.29, 1.82) is 0 Å². The summed E-state index contributed by atoms with van der Waals surface area (Å²) in [5.41, 5.74) is 5.38. The van der Waals surface area contributed by atoms with Gasteiger partial charge in [0, 0.05) is 63.0 Å². The summed E-state index contributed by atoms with van der Waals surface area (Å²) < 4.78 is 12.0. The molecule has 3 amide bonds. The second-order valence-electron chi connectivity index (χ2n) is 12.5. The fraction of sp³-hybridized carbons (Fsp3) is 0.395. The summed E-state index contributed by atoms with van der Waals surface area (Å²) in [7, 11) is 6.99. The molecule has 0 bridgehead atoms. The molecule has 294 valence electrons. The summed E-state index contributed by atoms with van der Waals surface area (Å²) >= 11 is 0. The van der Waals surface area contributed by atoms with Gasteiger partial charge in [0.25, 0.3) is 5.91 Å². The summed E-state index contributed by atoms with van der Waals surface area (Å²) in [6.07, 6.45) is 2.03. The summed E-state index contributed by atoms with van der Waals surface area (Å²) in [4.78, 5) is 52.7. The maximum Gasteiger partial charge on any atom is 0.328 e. The number of imidazole rings is 1. The molecule has 1 aromatic heterocycles. The molecule has 16 heteroatoms. The molecule has 3 aromatic carbocycles. The van der Waals surface area contributed by atoms with Gasteiger partial charge in [-0.1, -0.05) is 18.2 Å². The van der Waals surface area contributed by atoms with Crippen LogP contribution in [0.15, 0.2) is 60.3 Å². The minimum atomic E-state index is -0.607. The molecule has 0 unspecified atom stereocenters. The van der Waals surface area contributed by atoms with Crippen LogP contribution in [0.25, 0.3) is 22.2 Å². The quantitative estimate of drug-likeness (QED) is 0.0842. The van der Waals surface area contributed by atoms with Crippen molar-refractivity contribution in [2.24, 2.45) is 0 Å². The Labute approximate surface area is 335 Å². The summed E-state index contributed by atoms with van der Waals surface area (Å²) in [5.74, 6) is 3.11. The molecule has 0 saturated carbocycles. The van der Waals surface area contributed by atoms with Gasteiger partial charge in [0.15, 0.2) is 0 Å². The largest absolute Gasteiger partial charge is 0.496 e. The molecule has 4 aromatic rings. The van der Waals surface area contributed by atoms with Crippen LogP contribution < -0.4 is 30.3 Å². The lowest BCUT2D eigenvalue weighted by Crippen LogP contribution is -2.44. The Hall–Kier alpha value is -4.49. The van der Waals surface area contributed by atoms with Crippen molar-refractivity contribution < 1.29 is 23.9 Å². The Morgan fingerprint density at radius 2 is 1.70 bits per heavy atom. The summed E-state index contributed by atoms with van der Waals surface area (Å²) in [6.45, 7) is 7.23. The van der Waals surface area contributed by atoms with Crippen LogP contribution in [-0.4, -0.2) is 112 Å². The number of aromatic nitrogens is 2. The number of anilines is 2. The van der Waals surface area contributed by atoms with Gasteiger partial charge >= 0.3 is 6.03 Å². The van der Waals surface area contributed by atoms with E-state index in [-0.39, 0.29) is 42.8 Å². The number of benzene rings is 3. The Kier molecular flexibility index (Phi) is 18.6. The van der Waals surface area contributed by atoms with Gasteiger partial charge in [-0.2, -0.15) is 0 Å². The predicted molar refractivity (Wildman–Crippen MR) is 222 cm³/mol. The fourth-order valence-corrected chi connectivity index (χ4v) is 6.09. The topological polar surface area (TPSA) is 144 Å². The Bertz CT molecular complexity index is 1890. The number of amides is 3. The van der Waals surface area contributed by atoms with Gasteiger partial charge in [0.05, 0.1) is 36.1 Å². The molecule has 0 aliphatic carbocycles. The molecule has 2 heterocycles. The average Bonchev–Trinajstić information content (AvgIpc) is 3.57. The van der Waals surface area contributed by atoms with Crippen molar-refractivity contribution in [1.82, 2.24) is 30.4 Å². The number of unbranched alkanes of at least 4 members (excludes halogenated alkanes) is 1. The Balaban J connectivity index is 0.00000336. The number of nitrogens with zero attached hydrogens (tertiary/aromatic N) is 4. The number of H-pyrrole nitrogens is 1. The number of methoxy groups -OCH3 is 1. The number of hydrogen-bond acceptors (Lipinski definition) is 10. The summed E-state index contributed by atoms with van der Waals surface area (Å²) in [5, 5.41) is 8.99. The van der Waals surface area contributed by atoms with E-state index in [0.29, 0.717) is 54.8 Å². The number of para-hydroxylation sites is 1. The van der Waals surface area contributed by atoms with Crippen LogP contribution >= 0.6 is 37.2 Å². The number of piperazine rings is 1. The second kappa shape index (κ2) is 22.0. The van der Waals surface area contributed by atoms with Crippen molar-refractivity contribution in [3.05, 3.63) is 71.4 Å². The van der Waals surface area contributed by atoms with E-state index >= 15 is 0 Å². The van der Waals surface area contributed by atoms with Gasteiger partial charge < -0.3 is 40.2 Å². The minimum absolute atomic E-state index is 0. The zero-order valence-corrected chi connectivity index (χ0v) is 33.8. The smallest absolute Gasteiger partial charge is 0.328 e. The lowest BCUT2D eigenvalue weighted by atomic mass is 10.0. The first-order chi connectivity index (χ1) is 24.8. The maximum absolute atomic E-state index is 14.2. The number of allylic oxidation sites excluding steroid dienone is 1. The van der Waals surface area contributed by atoms with Crippen LogP contribution in [0.4, 0.5) is 16.4 Å². The number of aromatic amines is 1. The number of likely N-dealkylation sites (N-methyl/N-ethyl adjacent to an activating group) is 2. The first-order valence-corrected chi connectivity index (χ1v) is 17.3. The van der Waals surface area contributed by atoms with E-state index in [0.717, 1.165) is 71.8 Å². The molecule has 5 rings (SSSR count). The molecule has 0 atom stereocenters. The highest BCUT2D eigenvalue weighted by Crippen LogP contribution is 2.37. The Morgan fingerprint density at radius 3 is 2.39 bits per heavy atom. The van der Waals surface area contributed by atoms with Crippen LogP contribution in [0.3, 0.4) is 0 Å². The number of imide groups is 1. The molecule has 54 heavy (non-hydrogen) atoms. The first kappa shape index (κ1) is 45.7. The first-order valence-electron chi connectivity index (χ1n) is 17.3. The Morgan fingerprint density at radius 1 is 0.944 bits per heavy atom. The van der Waals surface area contributed by atoms with Gasteiger partial charge in [-0.05, 0) is 82.2 Å². The molecule has 1 aliphatic heterocycles. The fourth-order valence-electron chi connectivity index (χ4n) is 6.09. The zero-order chi connectivity index (χ0) is 36.3. The van der Waals surface area contributed by atoms with Crippen molar-refractivity contribution in [3.63, 3.8) is 0 Å². The third-order valence-corrected chi connectivity index (χ3v) is 8.96. The molecule has 13 nitrogen and oxygen atoms in total. The van der Waals surface area contributed by atoms with E-state index in [4.69, 9.17) is 14.5 Å². The van der Waals surface area contributed by atoms with E-state index in [9.17, 15) is 14.4 Å². The van der Waals surface area contributed by atoms with Crippen molar-refractivity contribution in [2.45, 2.75) is 26.2 Å². The standard InChI is InChI=1S/C38H48N8O5.3ClH/c1-26-12-15-32(34(23-26)51-22-7-6-9-28(25-47)45-20-18-44(4)19-21-45)46(38(49)40-3)36(48)27-13-14-29(33(24-27)50-5)30-10-8-11-31-35(30)43-37(42-31)41-17-16-39-2;;;/h8,10-15,23-24,39H,6-7,9,16-22H2,1-5H3,(H,40,49)(H2,41,42,43);3*1H. The summed E-state index contributed by atoms with van der Waals surface area (Å²) in [6, 6.07) is 15.7. The monoisotopic (exact) mass is 804 g/mol. The SMILES string of the molecule is CNCCNc1nc2c(-c3ccc(C(=O)N(C(=O)NC)c4ccc(C)cc4OCCCCC(=C=O)N4CCN(C)CC4)cc3OC)cccc2[nH]1.Cl.Cl.Cl. The highest BCUT2D eigenvalue weighted by molar-refractivity contribution is 6.21. The number of hydrogen-bond donors (Lipinski definition) is 4. The molecule has 0 spiro atoms. The molecule has 1 saturated heterocycles. The molecular formula is C38H51Cl3N8O5. The van der Waals surface area contributed by atoms with E-state index in [2.05, 4.69) is 43.7 Å². The minimum Gasteiger partial charge on any atom is -0.496 e. The van der Waals surface area contributed by atoms with Gasteiger partial charge in [-0.15, -0.1) is 37.2 Å². The molecule has 1 fully saturated rings. The lowest BCUT2D eigenvalue weighted by Gasteiger charge is -2.34. The van der Waals surface area contributed by atoms with Crippen LogP contribution in [0.1, 0.15) is 35.2 Å². The molecule has 1 aliphatic rings. The highest BCUT2D eigenvalue weighted by Gasteiger charge is 2.28. The second-order valence-corrected chi connectivity index (χ2v) is 12.5. The van der Waals surface area contributed by atoms with Gasteiger partial charge in [0.1, 0.15) is 17.4 Å². The van der Waals surface area contributed by atoms with Crippen LogP contribution in [0.5, 0.6) is 11.5 Å². The predicted octanol–water partition coefficient (Wildman–Crippen LogP) is 5.94. The number of halogens is 3. The van der Waals surface area contributed by atoms with Crippen molar-refractivity contribution >= 4 is 77.8 Å². The molecular weight excluding hydrogens is 755 g/mol. The number of carbonyl (C=O) groups excluding carboxylic acids is 3. The van der Waals surface area contributed by atoms with Crippen LogP contribution in [0, 0.1) is 6.92 Å². The highest BCUT2D eigenvalue weighted by atomic mass is 35.5. The van der Waals surface area contributed by atoms with Crippen LogP contribution in [-0.2, 0) is 4.79 Å². The third-order valence-electron chi connectivity index (χ3n) is 8.96. The van der Waals surface area contributed by atoms with Gasteiger partial charge in [-0.25, -0.2) is 19.5 Å². The van der Waals surface area contributed by atoms with E-state index < -0.39 is 11.9 Å². The van der Waals surface area contributed by atoms with Crippen molar-refractivity contribution in [3.8, 4) is 22.6 Å². The van der Waals surface area contributed by atoms with Gasteiger partial charge in [0.2, 0.25) is 5.95 Å². The molecule has 0 radical (unpaired) electrons. The zero-order valence-electron chi connectivity index (χ0n) is 31.3. The number of fused-ring (bicyclic) bond motifs is 1. The number of urea groups is 1. The van der Waals surface area contributed by atoms with Crippen molar-refractivity contribution in [2.75, 3.05) is 84.3 Å².